The van der Waals surface area contributed by atoms with Crippen molar-refractivity contribution in [3.63, 3.8) is 0 Å². The first-order valence-electron chi connectivity index (χ1n) is 7.06. The fourth-order valence-electron chi connectivity index (χ4n) is 2.32. The molecule has 1 unspecified atom stereocenters. The number of amides is 1. The Hall–Kier alpha value is -2.96. The van der Waals surface area contributed by atoms with Crippen molar-refractivity contribution < 1.29 is 9.72 Å². The van der Waals surface area contributed by atoms with Gasteiger partial charge in [0.2, 0.25) is 5.91 Å². The van der Waals surface area contributed by atoms with E-state index in [0.29, 0.717) is 11.4 Å². The maximum atomic E-state index is 12.4. The molecule has 2 aromatic rings. The van der Waals surface area contributed by atoms with Gasteiger partial charge in [0.15, 0.2) is 0 Å². The number of nitro groups is 1. The van der Waals surface area contributed by atoms with E-state index in [-0.39, 0.29) is 0 Å². The third kappa shape index (κ3) is 3.28. The van der Waals surface area contributed by atoms with Gasteiger partial charge < -0.3 is 5.32 Å². The van der Waals surface area contributed by atoms with Gasteiger partial charge in [0, 0.05) is 17.4 Å². The van der Waals surface area contributed by atoms with Crippen LogP contribution in [0.2, 0.25) is 0 Å². The second-order valence-corrected chi connectivity index (χ2v) is 5.27. The van der Waals surface area contributed by atoms with Crippen LogP contribution in [-0.4, -0.2) is 15.4 Å². The van der Waals surface area contributed by atoms with Gasteiger partial charge in [0.25, 0.3) is 0 Å². The Morgan fingerprint density at radius 1 is 1.22 bits per heavy atom. The zero-order chi connectivity index (χ0) is 17.1. The van der Waals surface area contributed by atoms with Gasteiger partial charge in [-0.25, -0.2) is 0 Å². The maximum absolute atomic E-state index is 12.4. The van der Waals surface area contributed by atoms with E-state index in [4.69, 9.17) is 0 Å². The summed E-state index contributed by atoms with van der Waals surface area (Å²) < 4.78 is 1.13. The van der Waals surface area contributed by atoms with Crippen molar-refractivity contribution in [1.82, 2.24) is 4.57 Å². The number of aryl methyl sites for hydroxylation is 2. The zero-order valence-electron chi connectivity index (χ0n) is 13.1. The molecule has 7 nitrogen and oxygen atoms in total. The van der Waals surface area contributed by atoms with Crippen molar-refractivity contribution in [3.8, 4) is 0 Å². The second-order valence-electron chi connectivity index (χ2n) is 5.27. The molecule has 0 bridgehead atoms. The predicted molar refractivity (Wildman–Crippen MR) is 86.6 cm³/mol. The van der Waals surface area contributed by atoms with Crippen LogP contribution < -0.4 is 10.9 Å². The van der Waals surface area contributed by atoms with Crippen molar-refractivity contribution in [1.29, 1.82) is 0 Å². The number of nitrogens with zero attached hydrogens (tertiary/aromatic N) is 2. The topological polar surface area (TPSA) is 94.2 Å². The summed E-state index contributed by atoms with van der Waals surface area (Å²) in [5.74, 6) is -0.412. The van der Waals surface area contributed by atoms with Crippen LogP contribution in [0.5, 0.6) is 0 Å². The highest BCUT2D eigenvalue weighted by Crippen LogP contribution is 2.17. The van der Waals surface area contributed by atoms with Crippen LogP contribution in [0, 0.1) is 24.0 Å². The number of aromatic nitrogens is 1. The highest BCUT2D eigenvalue weighted by atomic mass is 16.6. The minimum absolute atomic E-state index is 0.412. The van der Waals surface area contributed by atoms with E-state index in [1.807, 2.05) is 19.1 Å². The molecule has 0 aliphatic rings. The average molecular weight is 315 g/mol. The molecule has 7 heteroatoms. The molecule has 0 aliphatic heterocycles. The molecule has 0 radical (unpaired) electrons. The lowest BCUT2D eigenvalue weighted by Crippen LogP contribution is -2.33. The lowest BCUT2D eigenvalue weighted by atomic mass is 10.2. The lowest BCUT2D eigenvalue weighted by Gasteiger charge is -2.18. The largest absolute Gasteiger partial charge is 0.334 e. The number of pyridine rings is 1. The minimum Gasteiger partial charge on any atom is -0.324 e. The first kappa shape index (κ1) is 16.4. The van der Waals surface area contributed by atoms with E-state index < -0.39 is 28.1 Å². The van der Waals surface area contributed by atoms with Crippen LogP contribution in [0.25, 0.3) is 0 Å². The van der Waals surface area contributed by atoms with Gasteiger partial charge in [0.05, 0.1) is 4.92 Å². The third-order valence-corrected chi connectivity index (χ3v) is 3.67. The van der Waals surface area contributed by atoms with Crippen molar-refractivity contribution in [3.05, 3.63) is 68.1 Å². The summed E-state index contributed by atoms with van der Waals surface area (Å²) in [5.41, 5.74) is 0.665. The smallest absolute Gasteiger partial charge is 0.324 e. The molecule has 2 rings (SSSR count). The summed E-state index contributed by atoms with van der Waals surface area (Å²) in [5, 5.41) is 13.6. The standard InChI is InChI=1S/C16H17N3O4/c1-10-6-4-5-7-13(10)17-15(20)12(3)18-11(2)8-9-14(16(18)21)19(22)23/h4-9,12H,1-3H3,(H,17,20). The number of carbonyl (C=O) groups excluding carboxylic acids is 1. The monoisotopic (exact) mass is 315 g/mol. The number of carbonyl (C=O) groups is 1. The van der Waals surface area contributed by atoms with Gasteiger partial charge in [-0.1, -0.05) is 18.2 Å². The van der Waals surface area contributed by atoms with Crippen molar-refractivity contribution >= 4 is 17.3 Å². The molecule has 0 spiro atoms. The van der Waals surface area contributed by atoms with Crippen LogP contribution in [-0.2, 0) is 4.79 Å². The third-order valence-electron chi connectivity index (χ3n) is 3.67. The van der Waals surface area contributed by atoms with Crippen molar-refractivity contribution in [2.45, 2.75) is 26.8 Å². The fourth-order valence-corrected chi connectivity index (χ4v) is 2.32. The molecule has 0 saturated heterocycles. The van der Waals surface area contributed by atoms with E-state index in [0.717, 1.165) is 16.2 Å². The van der Waals surface area contributed by atoms with Crippen molar-refractivity contribution in [2.24, 2.45) is 0 Å². The van der Waals surface area contributed by atoms with Crippen LogP contribution in [0.1, 0.15) is 24.2 Å². The van der Waals surface area contributed by atoms with Gasteiger partial charge in [0.1, 0.15) is 6.04 Å². The molecular formula is C16H17N3O4. The molecular weight excluding hydrogens is 298 g/mol. The fraction of sp³-hybridized carbons (Fsp3) is 0.250. The van der Waals surface area contributed by atoms with Gasteiger partial charge in [-0.3, -0.25) is 24.3 Å². The normalized spacial score (nSPS) is 11.8. The van der Waals surface area contributed by atoms with E-state index in [9.17, 15) is 19.7 Å². The number of hydrogen-bond donors (Lipinski definition) is 1. The number of rotatable bonds is 4. The summed E-state index contributed by atoms with van der Waals surface area (Å²) in [6, 6.07) is 8.98. The first-order valence-corrected chi connectivity index (χ1v) is 7.06. The Balaban J connectivity index is 2.37. The molecule has 23 heavy (non-hydrogen) atoms. The molecule has 1 N–H and O–H groups in total. The van der Waals surface area contributed by atoms with Gasteiger partial charge in [-0.2, -0.15) is 0 Å². The Morgan fingerprint density at radius 2 is 1.87 bits per heavy atom. The van der Waals surface area contributed by atoms with Gasteiger partial charge in [-0.05, 0) is 38.5 Å². The Bertz CT molecular complexity index is 826. The summed E-state index contributed by atoms with van der Waals surface area (Å²) in [6.07, 6.45) is 0. The summed E-state index contributed by atoms with van der Waals surface area (Å²) in [6.45, 7) is 5.01. The number of para-hydroxylation sites is 1. The van der Waals surface area contributed by atoms with Gasteiger partial charge in [-0.15, -0.1) is 0 Å². The zero-order valence-corrected chi connectivity index (χ0v) is 13.1. The first-order chi connectivity index (χ1) is 10.8. The quantitative estimate of drug-likeness (QED) is 0.693. The van der Waals surface area contributed by atoms with Gasteiger partial charge >= 0.3 is 11.2 Å². The summed E-state index contributed by atoms with van der Waals surface area (Å²) in [7, 11) is 0. The lowest BCUT2D eigenvalue weighted by molar-refractivity contribution is -0.386. The molecule has 1 atom stereocenters. The SMILES string of the molecule is Cc1ccccc1NC(=O)C(C)n1c(C)ccc([N+](=O)[O-])c1=O. The Morgan fingerprint density at radius 3 is 2.48 bits per heavy atom. The summed E-state index contributed by atoms with van der Waals surface area (Å²) >= 11 is 0. The minimum atomic E-state index is -0.873. The molecule has 1 amide bonds. The van der Waals surface area contributed by atoms with Crippen LogP contribution in [0.15, 0.2) is 41.2 Å². The Labute approximate surface area is 132 Å². The van der Waals surface area contributed by atoms with Crippen molar-refractivity contribution in [2.75, 3.05) is 5.32 Å². The van der Waals surface area contributed by atoms with E-state index in [1.165, 1.54) is 13.0 Å². The number of nitrogens with one attached hydrogen (secondary N) is 1. The molecule has 1 aromatic heterocycles. The van der Waals surface area contributed by atoms with E-state index >= 15 is 0 Å². The molecule has 120 valence electrons. The van der Waals surface area contributed by atoms with E-state index in [1.54, 1.807) is 19.1 Å². The van der Waals surface area contributed by atoms with E-state index in [2.05, 4.69) is 5.32 Å². The molecule has 1 aromatic carbocycles. The highest BCUT2D eigenvalue weighted by Gasteiger charge is 2.23. The highest BCUT2D eigenvalue weighted by molar-refractivity contribution is 5.94. The number of hydrogen-bond acceptors (Lipinski definition) is 4. The summed E-state index contributed by atoms with van der Waals surface area (Å²) in [4.78, 5) is 34.8. The van der Waals surface area contributed by atoms with Crippen LogP contribution in [0.4, 0.5) is 11.4 Å². The molecule has 0 saturated carbocycles. The second kappa shape index (κ2) is 6.43. The van der Waals surface area contributed by atoms with Crippen LogP contribution in [0.3, 0.4) is 0 Å². The number of benzene rings is 1. The number of anilines is 1. The molecule has 0 aliphatic carbocycles. The Kier molecular flexibility index (Phi) is 4.59. The average Bonchev–Trinajstić information content (AvgIpc) is 2.49. The molecule has 0 fully saturated rings. The van der Waals surface area contributed by atoms with Crippen LogP contribution >= 0.6 is 0 Å². The molecule has 1 heterocycles. The predicted octanol–water partition coefficient (Wildman–Crippen LogP) is 2.57. The maximum Gasteiger partial charge on any atom is 0.334 e.